The van der Waals surface area contributed by atoms with Gasteiger partial charge < -0.3 is 25.4 Å². The predicted molar refractivity (Wildman–Crippen MR) is 124 cm³/mol. The largest absolute Gasteiger partial charge is 0.490 e. The first kappa shape index (κ1) is 37.1. The molecule has 1 unspecified atom stereocenters. The topological polar surface area (TPSA) is 164 Å². The zero-order valence-electron chi connectivity index (χ0n) is 21.7. The number of aliphatic carboxylic acids is 3. The van der Waals surface area contributed by atoms with Crippen molar-refractivity contribution < 1.29 is 74.0 Å². The molecule has 4 N–H and O–H groups in total. The number of carboxylic acid groups (broad SMARTS) is 3. The van der Waals surface area contributed by atoms with Gasteiger partial charge in [0.1, 0.15) is 6.10 Å². The Labute approximate surface area is 236 Å². The van der Waals surface area contributed by atoms with Crippen molar-refractivity contribution in [3.63, 3.8) is 0 Å². The number of rotatable bonds is 6. The molecule has 1 aliphatic heterocycles. The van der Waals surface area contributed by atoms with Crippen molar-refractivity contribution in [1.82, 2.24) is 20.1 Å². The van der Waals surface area contributed by atoms with E-state index in [-0.39, 0.29) is 6.10 Å². The first-order chi connectivity index (χ1) is 19.7. The van der Waals surface area contributed by atoms with Crippen molar-refractivity contribution in [3.8, 4) is 0 Å². The van der Waals surface area contributed by atoms with Gasteiger partial charge in [-0.1, -0.05) is 0 Å². The number of carboxylic acids is 3. The van der Waals surface area contributed by atoms with E-state index < -0.39 is 36.4 Å². The van der Waals surface area contributed by atoms with E-state index in [9.17, 15) is 39.5 Å². The lowest BCUT2D eigenvalue weighted by Gasteiger charge is -2.22. The molecule has 0 saturated heterocycles. The Morgan fingerprint density at radius 1 is 0.884 bits per heavy atom. The number of fused-ring (bicyclic) bond motifs is 1. The lowest BCUT2D eigenvalue weighted by atomic mass is 10.1. The van der Waals surface area contributed by atoms with Gasteiger partial charge in [-0.15, -0.1) is 0 Å². The van der Waals surface area contributed by atoms with Gasteiger partial charge in [-0.25, -0.2) is 14.4 Å². The maximum absolute atomic E-state index is 10.6. The van der Waals surface area contributed by atoms with E-state index in [1.807, 2.05) is 24.5 Å². The normalized spacial score (nSPS) is 16.2. The summed E-state index contributed by atoms with van der Waals surface area (Å²) in [7, 11) is 0. The fraction of sp³-hybridized carbons (Fsp3) is 0.522. The van der Waals surface area contributed by atoms with Crippen LogP contribution in [-0.4, -0.2) is 79.7 Å². The number of hydrogen-bond acceptors (Lipinski definition) is 7. The highest BCUT2D eigenvalue weighted by atomic mass is 19.4. The summed E-state index contributed by atoms with van der Waals surface area (Å²) in [6, 6.07) is 4.06. The first-order valence-corrected chi connectivity index (χ1v) is 11.9. The van der Waals surface area contributed by atoms with E-state index in [4.69, 9.17) is 39.5 Å². The molecule has 11 nitrogen and oxygen atoms in total. The molecule has 20 heteroatoms. The Morgan fingerprint density at radius 3 is 1.77 bits per heavy atom. The van der Waals surface area contributed by atoms with Gasteiger partial charge >= 0.3 is 36.4 Å². The van der Waals surface area contributed by atoms with Crippen molar-refractivity contribution >= 4 is 17.9 Å². The Balaban J connectivity index is 0.000000363. The van der Waals surface area contributed by atoms with Gasteiger partial charge in [0, 0.05) is 38.2 Å². The molecule has 2 aromatic heterocycles. The maximum atomic E-state index is 10.6. The second kappa shape index (κ2) is 16.1. The summed E-state index contributed by atoms with van der Waals surface area (Å²) in [6.07, 6.45) is -5.59. The molecular formula is C23H25F9N4O7. The predicted octanol–water partition coefficient (Wildman–Crippen LogP) is 3.99. The number of carbonyl (C=O) groups is 3. The van der Waals surface area contributed by atoms with Crippen molar-refractivity contribution in [2.45, 2.75) is 57.0 Å². The lowest BCUT2D eigenvalue weighted by molar-refractivity contribution is -0.193. The van der Waals surface area contributed by atoms with Crippen LogP contribution >= 0.6 is 0 Å². The summed E-state index contributed by atoms with van der Waals surface area (Å²) in [5, 5.41) is 29.6. The van der Waals surface area contributed by atoms with Crippen molar-refractivity contribution in [2.75, 3.05) is 13.2 Å². The molecule has 0 aromatic carbocycles. The zero-order chi connectivity index (χ0) is 33.0. The zero-order valence-corrected chi connectivity index (χ0v) is 21.7. The maximum Gasteiger partial charge on any atom is 0.490 e. The van der Waals surface area contributed by atoms with E-state index in [0.29, 0.717) is 0 Å². The van der Waals surface area contributed by atoms with E-state index in [0.717, 1.165) is 44.3 Å². The van der Waals surface area contributed by atoms with Gasteiger partial charge in [0.15, 0.2) is 0 Å². The number of hydrogen-bond donors (Lipinski definition) is 4. The molecule has 1 saturated carbocycles. The van der Waals surface area contributed by atoms with Crippen LogP contribution in [-0.2, 0) is 38.6 Å². The molecule has 1 atom stereocenters. The average Bonchev–Trinajstić information content (AvgIpc) is 3.60. The number of aromatic nitrogens is 3. The summed E-state index contributed by atoms with van der Waals surface area (Å²) in [6.45, 7) is 3.50. The van der Waals surface area contributed by atoms with Crippen LogP contribution in [0.2, 0.25) is 0 Å². The highest BCUT2D eigenvalue weighted by Crippen LogP contribution is 2.32. The van der Waals surface area contributed by atoms with Crippen LogP contribution in [0.3, 0.4) is 0 Å². The van der Waals surface area contributed by atoms with Crippen molar-refractivity contribution in [1.29, 1.82) is 0 Å². The van der Waals surface area contributed by atoms with Gasteiger partial charge in [0.2, 0.25) is 0 Å². The quantitative estimate of drug-likeness (QED) is 0.340. The average molecular weight is 640 g/mol. The molecule has 4 rings (SSSR count). The number of ether oxygens (including phenoxy) is 1. The Bertz CT molecular complexity index is 1130. The minimum Gasteiger partial charge on any atom is -0.475 e. The van der Waals surface area contributed by atoms with Crippen LogP contribution in [0, 0.1) is 5.92 Å². The number of nitrogens with zero attached hydrogens (tertiary/aromatic N) is 3. The van der Waals surface area contributed by atoms with Crippen LogP contribution < -0.4 is 5.32 Å². The van der Waals surface area contributed by atoms with Gasteiger partial charge in [0.05, 0.1) is 12.3 Å². The van der Waals surface area contributed by atoms with E-state index in [1.165, 1.54) is 24.0 Å². The highest BCUT2D eigenvalue weighted by Gasteiger charge is 2.39. The third-order valence-corrected chi connectivity index (χ3v) is 5.14. The van der Waals surface area contributed by atoms with Crippen molar-refractivity contribution in [3.05, 3.63) is 47.5 Å². The Hall–Kier alpha value is -3.94. The highest BCUT2D eigenvalue weighted by molar-refractivity contribution is 5.73. The molecule has 0 radical (unpaired) electrons. The molecule has 43 heavy (non-hydrogen) atoms. The molecule has 1 fully saturated rings. The van der Waals surface area contributed by atoms with Crippen molar-refractivity contribution in [2.24, 2.45) is 5.92 Å². The minimum absolute atomic E-state index is 0.0750. The monoisotopic (exact) mass is 640 g/mol. The summed E-state index contributed by atoms with van der Waals surface area (Å²) in [5.41, 5.74) is 3.74. The van der Waals surface area contributed by atoms with E-state index in [1.54, 1.807) is 0 Å². The molecule has 3 heterocycles. The number of halogens is 9. The van der Waals surface area contributed by atoms with Crippen LogP contribution in [0.15, 0.2) is 30.7 Å². The summed E-state index contributed by atoms with van der Waals surface area (Å²) in [4.78, 5) is 30.7. The van der Waals surface area contributed by atoms with E-state index >= 15 is 0 Å². The fourth-order valence-electron chi connectivity index (χ4n) is 2.99. The SMILES string of the molecule is O=C(O)C(F)(F)F.O=C(O)C(F)(F)F.O=C(O)C(F)(F)F.c1cc(CNCC2OCCc3cn(CC4CC4)nc32)ccn1. The molecule has 0 spiro atoms. The molecule has 2 aromatic rings. The number of nitrogens with one attached hydrogen (secondary N) is 1. The second-order valence-corrected chi connectivity index (χ2v) is 8.71. The Morgan fingerprint density at radius 2 is 1.35 bits per heavy atom. The van der Waals surface area contributed by atoms with Gasteiger partial charge in [-0.2, -0.15) is 44.6 Å². The molecule has 2 aliphatic rings. The van der Waals surface area contributed by atoms with Gasteiger partial charge in [-0.05, 0) is 48.4 Å². The standard InChI is InChI=1S/C17H22N4O.3C2HF3O2/c1-2-14(1)11-21-12-15-5-8-22-16(17(15)20-21)10-19-9-13-3-6-18-7-4-13;3*3-2(4,5)1(6)7/h3-4,6-7,12,14,16,19H,1-2,5,8-11H2;3*(H,6,7). The molecule has 0 bridgehead atoms. The number of alkyl halides is 9. The molecule has 0 amide bonds. The number of pyridine rings is 1. The minimum atomic E-state index is -5.08. The smallest absolute Gasteiger partial charge is 0.475 e. The summed E-state index contributed by atoms with van der Waals surface area (Å²) >= 11 is 0. The lowest BCUT2D eigenvalue weighted by Crippen LogP contribution is -2.27. The van der Waals surface area contributed by atoms with Gasteiger partial charge in [0.25, 0.3) is 0 Å². The Kier molecular flexibility index (Phi) is 13.8. The van der Waals surface area contributed by atoms with Crippen LogP contribution in [0.1, 0.15) is 35.8 Å². The van der Waals surface area contributed by atoms with E-state index in [2.05, 4.69) is 21.2 Å². The van der Waals surface area contributed by atoms with Crippen LogP contribution in [0.25, 0.3) is 0 Å². The van der Waals surface area contributed by atoms with Gasteiger partial charge in [-0.3, -0.25) is 9.67 Å². The molecular weight excluding hydrogens is 615 g/mol. The molecule has 242 valence electrons. The third kappa shape index (κ3) is 15.2. The molecule has 1 aliphatic carbocycles. The summed E-state index contributed by atoms with van der Waals surface area (Å²) in [5.74, 6) is -7.42. The fourth-order valence-corrected chi connectivity index (χ4v) is 2.99. The summed E-state index contributed by atoms with van der Waals surface area (Å²) < 4.78 is 103. The third-order valence-electron chi connectivity index (χ3n) is 5.14. The van der Waals surface area contributed by atoms with Crippen LogP contribution in [0.5, 0.6) is 0 Å². The first-order valence-electron chi connectivity index (χ1n) is 11.9. The van der Waals surface area contributed by atoms with Crippen LogP contribution in [0.4, 0.5) is 39.5 Å². The second-order valence-electron chi connectivity index (χ2n) is 8.71.